The second-order valence-corrected chi connectivity index (χ2v) is 7.69. The SMILES string of the molecule is CCNC(=NCc1ccnc(N(C)C)c1)N1CCC(COCc2ccccc2)C1.I. The highest BCUT2D eigenvalue weighted by atomic mass is 127. The van der Waals surface area contributed by atoms with Crippen LogP contribution in [0.4, 0.5) is 5.82 Å². The lowest BCUT2D eigenvalue weighted by atomic mass is 10.1. The molecule has 0 amide bonds. The number of hydrogen-bond acceptors (Lipinski definition) is 4. The van der Waals surface area contributed by atoms with Gasteiger partial charge in [0.2, 0.25) is 0 Å². The van der Waals surface area contributed by atoms with Crippen molar-refractivity contribution in [3.8, 4) is 0 Å². The Bertz CT molecular complexity index is 784. The van der Waals surface area contributed by atoms with Gasteiger partial charge < -0.3 is 19.9 Å². The minimum absolute atomic E-state index is 0. The topological polar surface area (TPSA) is 53.0 Å². The first kappa shape index (κ1) is 24.4. The monoisotopic (exact) mass is 523 g/mol. The number of benzene rings is 1. The van der Waals surface area contributed by atoms with E-state index in [-0.39, 0.29) is 24.0 Å². The van der Waals surface area contributed by atoms with Gasteiger partial charge in [-0.3, -0.25) is 0 Å². The molecule has 1 aliphatic rings. The van der Waals surface area contributed by atoms with Crippen molar-refractivity contribution in [3.05, 3.63) is 59.8 Å². The molecule has 30 heavy (non-hydrogen) atoms. The lowest BCUT2D eigenvalue weighted by Crippen LogP contribution is -2.40. The summed E-state index contributed by atoms with van der Waals surface area (Å²) in [6.07, 6.45) is 2.99. The van der Waals surface area contributed by atoms with Crippen molar-refractivity contribution in [1.29, 1.82) is 0 Å². The van der Waals surface area contributed by atoms with E-state index >= 15 is 0 Å². The number of anilines is 1. The Morgan fingerprint density at radius 2 is 2.03 bits per heavy atom. The Balaban J connectivity index is 0.00000320. The molecule has 1 saturated heterocycles. The minimum atomic E-state index is 0. The molecule has 7 heteroatoms. The van der Waals surface area contributed by atoms with E-state index in [1.807, 2.05) is 37.3 Å². The van der Waals surface area contributed by atoms with Crippen molar-refractivity contribution in [3.63, 3.8) is 0 Å². The van der Waals surface area contributed by atoms with Crippen LogP contribution >= 0.6 is 24.0 Å². The molecule has 0 aliphatic carbocycles. The average molecular weight is 523 g/mol. The summed E-state index contributed by atoms with van der Waals surface area (Å²) >= 11 is 0. The number of nitrogens with one attached hydrogen (secondary N) is 1. The lowest BCUT2D eigenvalue weighted by molar-refractivity contribution is 0.0906. The molecule has 1 atom stereocenters. The zero-order valence-corrected chi connectivity index (χ0v) is 20.6. The Morgan fingerprint density at radius 3 is 2.77 bits per heavy atom. The molecule has 0 spiro atoms. The van der Waals surface area contributed by atoms with E-state index in [0.717, 1.165) is 44.4 Å². The van der Waals surface area contributed by atoms with Gasteiger partial charge in [0.15, 0.2) is 5.96 Å². The van der Waals surface area contributed by atoms with Crippen molar-refractivity contribution in [2.75, 3.05) is 45.2 Å². The predicted molar refractivity (Wildman–Crippen MR) is 135 cm³/mol. The maximum Gasteiger partial charge on any atom is 0.194 e. The molecule has 0 saturated carbocycles. The van der Waals surface area contributed by atoms with Crippen LogP contribution in [-0.2, 0) is 17.9 Å². The molecule has 1 aromatic heterocycles. The smallest absolute Gasteiger partial charge is 0.194 e. The number of halogens is 1. The van der Waals surface area contributed by atoms with Gasteiger partial charge in [0.25, 0.3) is 0 Å². The highest BCUT2D eigenvalue weighted by Gasteiger charge is 2.25. The quantitative estimate of drug-likeness (QED) is 0.325. The minimum Gasteiger partial charge on any atom is -0.376 e. The van der Waals surface area contributed by atoms with Crippen molar-refractivity contribution in [2.24, 2.45) is 10.9 Å². The number of pyridine rings is 1. The summed E-state index contributed by atoms with van der Waals surface area (Å²) in [5.74, 6) is 2.49. The molecule has 2 heterocycles. The van der Waals surface area contributed by atoms with Crippen molar-refractivity contribution in [1.82, 2.24) is 15.2 Å². The van der Waals surface area contributed by atoms with Crippen LogP contribution in [0.25, 0.3) is 0 Å². The average Bonchev–Trinajstić information content (AvgIpc) is 3.21. The number of rotatable bonds is 8. The van der Waals surface area contributed by atoms with Crippen LogP contribution in [0.1, 0.15) is 24.5 Å². The first-order chi connectivity index (χ1) is 14.2. The van der Waals surface area contributed by atoms with E-state index in [4.69, 9.17) is 9.73 Å². The molecule has 1 aromatic carbocycles. The Morgan fingerprint density at radius 1 is 1.23 bits per heavy atom. The van der Waals surface area contributed by atoms with Crippen molar-refractivity contribution >= 4 is 35.8 Å². The highest BCUT2D eigenvalue weighted by molar-refractivity contribution is 14.0. The number of nitrogens with zero attached hydrogens (tertiary/aromatic N) is 4. The van der Waals surface area contributed by atoms with Gasteiger partial charge in [-0.15, -0.1) is 24.0 Å². The summed E-state index contributed by atoms with van der Waals surface area (Å²) in [4.78, 5) is 13.6. The molecule has 1 unspecified atom stereocenters. The van der Waals surface area contributed by atoms with Crippen LogP contribution in [0.2, 0.25) is 0 Å². The van der Waals surface area contributed by atoms with Crippen LogP contribution in [0.15, 0.2) is 53.7 Å². The van der Waals surface area contributed by atoms with E-state index in [1.165, 1.54) is 11.1 Å². The fourth-order valence-corrected chi connectivity index (χ4v) is 3.47. The normalized spacial score (nSPS) is 16.3. The molecular weight excluding hydrogens is 489 g/mol. The zero-order chi connectivity index (χ0) is 20.5. The maximum absolute atomic E-state index is 5.96. The summed E-state index contributed by atoms with van der Waals surface area (Å²) in [7, 11) is 4.01. The lowest BCUT2D eigenvalue weighted by Gasteiger charge is -2.22. The maximum atomic E-state index is 5.96. The molecule has 164 valence electrons. The highest BCUT2D eigenvalue weighted by Crippen LogP contribution is 2.18. The molecule has 6 nitrogen and oxygen atoms in total. The van der Waals surface area contributed by atoms with Gasteiger partial charge in [-0.25, -0.2) is 9.98 Å². The molecule has 3 rings (SSSR count). The number of hydrogen-bond donors (Lipinski definition) is 1. The van der Waals surface area contributed by atoms with Gasteiger partial charge >= 0.3 is 0 Å². The zero-order valence-electron chi connectivity index (χ0n) is 18.3. The number of guanidine groups is 1. The Kier molecular flexibility index (Phi) is 10.4. The summed E-state index contributed by atoms with van der Waals surface area (Å²) in [6, 6.07) is 14.5. The molecule has 1 N–H and O–H groups in total. The third kappa shape index (κ3) is 7.43. The van der Waals surface area contributed by atoms with E-state index < -0.39 is 0 Å². The molecule has 0 bridgehead atoms. The van der Waals surface area contributed by atoms with Crippen molar-refractivity contribution in [2.45, 2.75) is 26.5 Å². The van der Waals surface area contributed by atoms with Gasteiger partial charge in [-0.05, 0) is 36.6 Å². The van der Waals surface area contributed by atoms with Crippen LogP contribution in [0.3, 0.4) is 0 Å². The molecule has 2 aromatic rings. The molecule has 1 aliphatic heterocycles. The van der Waals surface area contributed by atoms with E-state index in [9.17, 15) is 0 Å². The third-order valence-electron chi connectivity index (χ3n) is 5.06. The van der Waals surface area contributed by atoms with Crippen LogP contribution in [-0.4, -0.2) is 56.2 Å². The Labute approximate surface area is 197 Å². The first-order valence-electron chi connectivity index (χ1n) is 10.4. The largest absolute Gasteiger partial charge is 0.376 e. The van der Waals surface area contributed by atoms with Crippen LogP contribution < -0.4 is 10.2 Å². The van der Waals surface area contributed by atoms with Gasteiger partial charge in [0.05, 0.1) is 19.8 Å². The fraction of sp³-hybridized carbons (Fsp3) is 0.478. The second-order valence-electron chi connectivity index (χ2n) is 7.69. The summed E-state index contributed by atoms with van der Waals surface area (Å²) in [6.45, 7) is 7.11. The van der Waals surface area contributed by atoms with E-state index in [1.54, 1.807) is 0 Å². The summed E-state index contributed by atoms with van der Waals surface area (Å²) < 4.78 is 5.96. The number of aliphatic imine (C=N–C) groups is 1. The van der Waals surface area contributed by atoms with Crippen molar-refractivity contribution < 1.29 is 4.74 Å². The van der Waals surface area contributed by atoms with Crippen LogP contribution in [0.5, 0.6) is 0 Å². The van der Waals surface area contributed by atoms with Gasteiger partial charge in [-0.1, -0.05) is 30.3 Å². The Hall–Kier alpha value is -1.87. The third-order valence-corrected chi connectivity index (χ3v) is 5.06. The summed E-state index contributed by atoms with van der Waals surface area (Å²) in [5, 5.41) is 3.44. The first-order valence-corrected chi connectivity index (χ1v) is 10.4. The van der Waals surface area contributed by atoms with Gasteiger partial charge in [0.1, 0.15) is 5.82 Å². The molecular formula is C23H34IN5O. The summed E-state index contributed by atoms with van der Waals surface area (Å²) in [5.41, 5.74) is 2.40. The second kappa shape index (κ2) is 12.7. The standard InChI is InChI=1S/C23H33N5O.HI/c1-4-24-23(26-15-20-10-12-25-22(14-20)27(2)3)28-13-11-21(16-28)18-29-17-19-8-6-5-7-9-19;/h5-10,12,14,21H,4,11,13,15-18H2,1-3H3,(H,24,26);1H. The molecule has 1 fully saturated rings. The fourth-order valence-electron chi connectivity index (χ4n) is 3.47. The predicted octanol–water partition coefficient (Wildman–Crippen LogP) is 3.77. The van der Waals surface area contributed by atoms with E-state index in [0.29, 0.717) is 19.1 Å². The number of likely N-dealkylation sites (tertiary alicyclic amines) is 1. The van der Waals surface area contributed by atoms with E-state index in [2.05, 4.69) is 52.5 Å². The van der Waals surface area contributed by atoms with Crippen LogP contribution in [0, 0.1) is 5.92 Å². The molecule has 0 radical (unpaired) electrons. The number of ether oxygens (including phenoxy) is 1. The number of aromatic nitrogens is 1. The van der Waals surface area contributed by atoms with Gasteiger partial charge in [-0.2, -0.15) is 0 Å². The van der Waals surface area contributed by atoms with Gasteiger partial charge in [0, 0.05) is 45.8 Å².